The molecule has 0 saturated carbocycles. The van der Waals surface area contributed by atoms with Crippen LogP contribution in [0.3, 0.4) is 0 Å². The summed E-state index contributed by atoms with van der Waals surface area (Å²) in [7, 11) is -3.04. The lowest BCUT2D eigenvalue weighted by atomic mass is 10.1. The van der Waals surface area contributed by atoms with E-state index < -0.39 is 9.84 Å². The van der Waals surface area contributed by atoms with Crippen molar-refractivity contribution in [2.75, 3.05) is 12.8 Å². The van der Waals surface area contributed by atoms with E-state index >= 15 is 0 Å². The highest BCUT2D eigenvalue weighted by Crippen LogP contribution is 2.19. The lowest BCUT2D eigenvalue weighted by molar-refractivity contribution is 0.572. The molecule has 3 aromatic rings. The molecule has 0 spiro atoms. The van der Waals surface area contributed by atoms with E-state index in [1.165, 1.54) is 11.8 Å². The van der Waals surface area contributed by atoms with Crippen LogP contribution in [0.4, 0.5) is 0 Å². The molecule has 1 aromatic heterocycles. The van der Waals surface area contributed by atoms with E-state index in [-0.39, 0.29) is 5.75 Å². The minimum atomic E-state index is -3.04. The fraction of sp³-hybridized carbons (Fsp3) is 0.304. The monoisotopic (exact) mass is 440 g/mol. The number of nitrogens with one attached hydrogen (secondary N) is 2. The Balaban J connectivity index is 1.59. The van der Waals surface area contributed by atoms with E-state index in [9.17, 15) is 8.42 Å². The van der Waals surface area contributed by atoms with Gasteiger partial charge >= 0.3 is 0 Å². The number of sulfone groups is 1. The van der Waals surface area contributed by atoms with E-state index in [1.54, 1.807) is 6.26 Å². The summed E-state index contributed by atoms with van der Waals surface area (Å²) in [5.41, 5.74) is 4.69. The van der Waals surface area contributed by atoms with Crippen molar-refractivity contribution in [3.05, 3.63) is 77.2 Å². The smallest absolute Gasteiger partial charge is 0.226 e. The first-order valence-electron chi connectivity index (χ1n) is 10.1. The van der Waals surface area contributed by atoms with Crippen molar-refractivity contribution in [3.63, 3.8) is 0 Å². The van der Waals surface area contributed by atoms with E-state index in [0.717, 1.165) is 28.9 Å². The van der Waals surface area contributed by atoms with Crippen LogP contribution in [-0.2, 0) is 28.7 Å². The average Bonchev–Trinajstić information content (AvgIpc) is 3.19. The van der Waals surface area contributed by atoms with Gasteiger partial charge in [0.1, 0.15) is 6.26 Å². The van der Waals surface area contributed by atoms with Gasteiger partial charge in [-0.25, -0.2) is 18.4 Å². The summed E-state index contributed by atoms with van der Waals surface area (Å²) in [5.74, 6) is 1.30. The van der Waals surface area contributed by atoms with E-state index in [4.69, 9.17) is 4.42 Å². The van der Waals surface area contributed by atoms with Crippen LogP contribution in [0.5, 0.6) is 0 Å². The minimum absolute atomic E-state index is 0.0447. The van der Waals surface area contributed by atoms with Crippen LogP contribution < -0.4 is 10.6 Å². The first-order valence-corrected chi connectivity index (χ1v) is 12.2. The molecule has 31 heavy (non-hydrogen) atoms. The van der Waals surface area contributed by atoms with Gasteiger partial charge in [-0.05, 0) is 37.1 Å². The second-order valence-corrected chi connectivity index (χ2v) is 9.59. The van der Waals surface area contributed by atoms with Crippen LogP contribution >= 0.6 is 0 Å². The fourth-order valence-electron chi connectivity index (χ4n) is 2.95. The molecule has 0 aliphatic rings. The molecule has 7 nitrogen and oxygen atoms in total. The molecule has 0 aliphatic heterocycles. The summed E-state index contributed by atoms with van der Waals surface area (Å²) in [6.45, 7) is 5.73. The number of benzene rings is 2. The van der Waals surface area contributed by atoms with Crippen molar-refractivity contribution in [3.8, 4) is 11.5 Å². The zero-order valence-corrected chi connectivity index (χ0v) is 18.9. The minimum Gasteiger partial charge on any atom is -0.444 e. The molecule has 0 unspecified atom stereocenters. The lowest BCUT2D eigenvalue weighted by Gasteiger charge is -2.10. The molecule has 0 bridgehead atoms. The molecule has 2 aromatic carbocycles. The van der Waals surface area contributed by atoms with E-state index in [1.807, 2.05) is 62.4 Å². The maximum absolute atomic E-state index is 11.4. The normalized spacial score (nSPS) is 12.0. The fourth-order valence-corrected chi connectivity index (χ4v) is 3.74. The third-order valence-corrected chi connectivity index (χ3v) is 5.36. The van der Waals surface area contributed by atoms with Gasteiger partial charge in [0.25, 0.3) is 0 Å². The highest BCUT2D eigenvalue weighted by molar-refractivity contribution is 7.89. The SMILES string of the molecule is CCNC(=NCc1ccc(CS(C)(=O)=O)cc1)NCc1coc(-c2ccc(C)cc2)n1. The predicted octanol–water partition coefficient (Wildman–Crippen LogP) is 3.45. The molecular formula is C23H28N4O3S. The molecule has 0 saturated heterocycles. The van der Waals surface area contributed by atoms with E-state index in [0.29, 0.717) is 24.9 Å². The first kappa shape index (κ1) is 22.6. The van der Waals surface area contributed by atoms with Crippen LogP contribution in [0.25, 0.3) is 11.5 Å². The van der Waals surface area contributed by atoms with Crippen LogP contribution in [0, 0.1) is 6.92 Å². The van der Waals surface area contributed by atoms with Crippen LogP contribution in [-0.4, -0.2) is 32.2 Å². The van der Waals surface area contributed by atoms with Crippen molar-refractivity contribution in [1.82, 2.24) is 15.6 Å². The zero-order chi connectivity index (χ0) is 22.3. The number of aromatic nitrogens is 1. The summed E-state index contributed by atoms with van der Waals surface area (Å²) in [6, 6.07) is 15.5. The van der Waals surface area contributed by atoms with Gasteiger partial charge in [-0.3, -0.25) is 0 Å². The summed E-state index contributed by atoms with van der Waals surface area (Å²) in [6.07, 6.45) is 2.88. The Hall–Kier alpha value is -3.13. The Kier molecular flexibility index (Phi) is 7.46. The number of aryl methyl sites for hydroxylation is 1. The topological polar surface area (TPSA) is 96.6 Å². The molecule has 164 valence electrons. The molecule has 0 atom stereocenters. The van der Waals surface area contributed by atoms with Crippen molar-refractivity contribution in [2.45, 2.75) is 32.7 Å². The zero-order valence-electron chi connectivity index (χ0n) is 18.1. The second-order valence-electron chi connectivity index (χ2n) is 7.45. The first-order chi connectivity index (χ1) is 14.8. The van der Waals surface area contributed by atoms with Crippen LogP contribution in [0.15, 0.2) is 64.2 Å². The number of rotatable bonds is 8. The van der Waals surface area contributed by atoms with Gasteiger partial charge in [0.15, 0.2) is 15.8 Å². The molecule has 2 N–H and O–H groups in total. The number of nitrogens with zero attached hydrogens (tertiary/aromatic N) is 2. The van der Waals surface area contributed by atoms with Gasteiger partial charge in [-0.15, -0.1) is 0 Å². The Morgan fingerprint density at radius 3 is 2.35 bits per heavy atom. The Bertz CT molecular complexity index is 1120. The molecular weight excluding hydrogens is 412 g/mol. The molecule has 0 radical (unpaired) electrons. The van der Waals surface area contributed by atoms with Gasteiger partial charge in [0.05, 0.1) is 24.5 Å². The van der Waals surface area contributed by atoms with E-state index in [2.05, 4.69) is 20.6 Å². The Morgan fingerprint density at radius 1 is 1.03 bits per heavy atom. The Morgan fingerprint density at radius 2 is 1.71 bits per heavy atom. The second kappa shape index (κ2) is 10.3. The molecule has 8 heteroatoms. The van der Waals surface area contributed by atoms with Crippen molar-refractivity contribution in [1.29, 1.82) is 0 Å². The molecule has 0 aliphatic carbocycles. The molecule has 1 heterocycles. The standard InChI is InChI=1S/C23H28N4O3S/c1-4-24-23(25-13-18-7-9-19(10-8-18)16-31(3,28)29)26-14-21-15-30-22(27-21)20-11-5-17(2)6-12-20/h5-12,15H,4,13-14,16H2,1-3H3,(H2,24,25,26). The number of oxazole rings is 1. The predicted molar refractivity (Wildman–Crippen MR) is 123 cm³/mol. The maximum atomic E-state index is 11.4. The maximum Gasteiger partial charge on any atom is 0.226 e. The summed E-state index contributed by atoms with van der Waals surface area (Å²) < 4.78 is 28.4. The third kappa shape index (κ3) is 7.25. The number of aliphatic imine (C=N–C) groups is 1. The summed E-state index contributed by atoms with van der Waals surface area (Å²) >= 11 is 0. The third-order valence-electron chi connectivity index (χ3n) is 4.50. The number of hydrogen-bond donors (Lipinski definition) is 2. The van der Waals surface area contributed by atoms with Gasteiger partial charge in [-0.2, -0.15) is 0 Å². The van der Waals surface area contributed by atoms with Gasteiger partial charge in [-0.1, -0.05) is 42.0 Å². The molecule has 0 amide bonds. The van der Waals surface area contributed by atoms with Crippen molar-refractivity contribution >= 4 is 15.8 Å². The summed E-state index contributed by atoms with van der Waals surface area (Å²) in [4.78, 5) is 9.13. The van der Waals surface area contributed by atoms with Gasteiger partial charge in [0, 0.05) is 18.4 Å². The largest absolute Gasteiger partial charge is 0.444 e. The van der Waals surface area contributed by atoms with Crippen LogP contribution in [0.1, 0.15) is 29.3 Å². The van der Waals surface area contributed by atoms with Crippen molar-refractivity contribution < 1.29 is 12.8 Å². The van der Waals surface area contributed by atoms with Gasteiger partial charge in [0.2, 0.25) is 5.89 Å². The highest BCUT2D eigenvalue weighted by atomic mass is 32.2. The number of hydrogen-bond acceptors (Lipinski definition) is 5. The average molecular weight is 441 g/mol. The highest BCUT2D eigenvalue weighted by Gasteiger charge is 2.08. The molecule has 3 rings (SSSR count). The number of guanidine groups is 1. The van der Waals surface area contributed by atoms with Crippen molar-refractivity contribution in [2.24, 2.45) is 4.99 Å². The summed E-state index contributed by atoms with van der Waals surface area (Å²) in [5, 5.41) is 6.47. The lowest BCUT2D eigenvalue weighted by Crippen LogP contribution is -2.36. The van der Waals surface area contributed by atoms with Crippen LogP contribution in [0.2, 0.25) is 0 Å². The molecule has 0 fully saturated rings. The Labute approximate surface area is 183 Å². The van der Waals surface area contributed by atoms with Gasteiger partial charge < -0.3 is 15.1 Å². The quantitative estimate of drug-likeness (QED) is 0.411.